The van der Waals surface area contributed by atoms with Gasteiger partial charge in [0, 0.05) is 11.3 Å². The lowest BCUT2D eigenvalue weighted by molar-refractivity contribution is -0.124. The molecule has 1 aliphatic heterocycles. The summed E-state index contributed by atoms with van der Waals surface area (Å²) in [5.41, 5.74) is 5.17. The van der Waals surface area contributed by atoms with Gasteiger partial charge >= 0.3 is 0 Å². The monoisotopic (exact) mass is 289 g/mol. The summed E-state index contributed by atoms with van der Waals surface area (Å²) in [6, 6.07) is 9.65. The zero-order chi connectivity index (χ0) is 14.2. The summed E-state index contributed by atoms with van der Waals surface area (Å²) in [6.07, 6.45) is 0.406. The number of nitrogens with zero attached hydrogens (tertiary/aromatic N) is 1. The summed E-state index contributed by atoms with van der Waals surface area (Å²) in [6.45, 7) is 0. The first-order valence-corrected chi connectivity index (χ1v) is 6.93. The third kappa shape index (κ3) is 2.08. The molecule has 0 saturated carbocycles. The standard InChI is InChI=1S/C14H12FN3OS/c15-10-5-3-9(4-6-10)14(8-11-2-1-7-20-11)12(19)17-13(16)18-14/h1-7H,8H2,(H3,16,17,18,19). The number of benzene rings is 1. The minimum absolute atomic E-state index is 0.0934. The van der Waals surface area contributed by atoms with E-state index in [1.165, 1.54) is 12.1 Å². The molecule has 0 radical (unpaired) electrons. The van der Waals surface area contributed by atoms with Gasteiger partial charge in [0.25, 0.3) is 5.91 Å². The molecular weight excluding hydrogens is 277 g/mol. The van der Waals surface area contributed by atoms with Crippen molar-refractivity contribution in [2.45, 2.75) is 12.0 Å². The van der Waals surface area contributed by atoms with Crippen LogP contribution in [0.4, 0.5) is 4.39 Å². The maximum Gasteiger partial charge on any atom is 0.259 e. The van der Waals surface area contributed by atoms with Gasteiger partial charge in [-0.25, -0.2) is 9.38 Å². The molecule has 2 aromatic rings. The zero-order valence-electron chi connectivity index (χ0n) is 10.5. The number of carbonyl (C=O) groups is 1. The Morgan fingerprint density at radius 1 is 1.30 bits per heavy atom. The fourth-order valence-corrected chi connectivity index (χ4v) is 3.09. The van der Waals surface area contributed by atoms with Gasteiger partial charge in [-0.05, 0) is 29.1 Å². The van der Waals surface area contributed by atoms with Gasteiger partial charge in [-0.2, -0.15) is 0 Å². The Morgan fingerprint density at radius 3 is 2.60 bits per heavy atom. The van der Waals surface area contributed by atoms with Crippen molar-refractivity contribution in [1.82, 2.24) is 5.32 Å². The average molecular weight is 289 g/mol. The van der Waals surface area contributed by atoms with Crippen molar-refractivity contribution in [2.75, 3.05) is 0 Å². The first kappa shape index (κ1) is 12.8. The van der Waals surface area contributed by atoms with E-state index in [0.29, 0.717) is 12.0 Å². The van der Waals surface area contributed by atoms with Crippen molar-refractivity contribution < 1.29 is 9.18 Å². The molecule has 1 amide bonds. The van der Waals surface area contributed by atoms with Crippen molar-refractivity contribution in [2.24, 2.45) is 10.7 Å². The van der Waals surface area contributed by atoms with Gasteiger partial charge in [-0.1, -0.05) is 18.2 Å². The molecule has 0 spiro atoms. The highest BCUT2D eigenvalue weighted by molar-refractivity contribution is 7.09. The molecule has 0 fully saturated rings. The number of hydrogen-bond donors (Lipinski definition) is 2. The van der Waals surface area contributed by atoms with Crippen LogP contribution in [-0.4, -0.2) is 11.9 Å². The number of guanidine groups is 1. The van der Waals surface area contributed by atoms with Crippen molar-refractivity contribution in [1.29, 1.82) is 0 Å². The highest BCUT2D eigenvalue weighted by Crippen LogP contribution is 2.34. The Bertz CT molecular complexity index is 666. The number of carbonyl (C=O) groups excluding carboxylic acids is 1. The molecule has 1 unspecified atom stereocenters. The molecule has 3 N–H and O–H groups in total. The predicted octanol–water partition coefficient (Wildman–Crippen LogP) is 1.77. The third-order valence-corrected chi connectivity index (χ3v) is 4.14. The van der Waals surface area contributed by atoms with Gasteiger partial charge in [0.1, 0.15) is 5.82 Å². The van der Waals surface area contributed by atoms with E-state index in [-0.39, 0.29) is 17.7 Å². The maximum absolute atomic E-state index is 13.1. The Labute approximate surface area is 119 Å². The Kier molecular flexibility index (Phi) is 3.02. The molecule has 0 saturated heterocycles. The van der Waals surface area contributed by atoms with E-state index in [9.17, 15) is 9.18 Å². The summed E-state index contributed by atoms with van der Waals surface area (Å²) in [5.74, 6) is -0.540. The Hall–Kier alpha value is -2.21. The summed E-state index contributed by atoms with van der Waals surface area (Å²) < 4.78 is 13.1. The van der Waals surface area contributed by atoms with Crippen LogP contribution in [0.25, 0.3) is 0 Å². The van der Waals surface area contributed by atoms with Gasteiger partial charge in [0.2, 0.25) is 0 Å². The number of rotatable bonds is 3. The quantitative estimate of drug-likeness (QED) is 0.904. The molecule has 0 aliphatic carbocycles. The van der Waals surface area contributed by atoms with E-state index in [2.05, 4.69) is 10.3 Å². The molecule has 6 heteroatoms. The minimum atomic E-state index is -1.11. The van der Waals surface area contributed by atoms with Crippen LogP contribution >= 0.6 is 11.3 Å². The molecule has 1 aliphatic rings. The smallest absolute Gasteiger partial charge is 0.259 e. The lowest BCUT2D eigenvalue weighted by Gasteiger charge is -2.23. The Balaban J connectivity index is 2.08. The normalized spacial score (nSPS) is 21.6. The molecule has 0 bridgehead atoms. The molecule has 20 heavy (non-hydrogen) atoms. The SMILES string of the molecule is NC1=NC(Cc2cccs2)(c2ccc(F)cc2)C(=O)N1. The number of aliphatic imine (C=N–C) groups is 1. The molecule has 1 atom stereocenters. The van der Waals surface area contributed by atoms with Gasteiger partial charge in [-0.3, -0.25) is 10.1 Å². The van der Waals surface area contributed by atoms with Crippen molar-refractivity contribution >= 4 is 23.2 Å². The minimum Gasteiger partial charge on any atom is -0.370 e. The fourth-order valence-electron chi connectivity index (χ4n) is 2.31. The number of hydrogen-bond acceptors (Lipinski definition) is 4. The highest BCUT2D eigenvalue weighted by Gasteiger charge is 2.45. The van der Waals surface area contributed by atoms with E-state index in [1.54, 1.807) is 23.5 Å². The first-order chi connectivity index (χ1) is 9.60. The predicted molar refractivity (Wildman–Crippen MR) is 75.9 cm³/mol. The Morgan fingerprint density at radius 2 is 2.05 bits per heavy atom. The zero-order valence-corrected chi connectivity index (χ0v) is 11.3. The third-order valence-electron chi connectivity index (χ3n) is 3.26. The van der Waals surface area contributed by atoms with Crippen molar-refractivity contribution in [3.05, 3.63) is 58.0 Å². The van der Waals surface area contributed by atoms with Crippen LogP contribution in [-0.2, 0) is 16.8 Å². The van der Waals surface area contributed by atoms with Gasteiger partial charge < -0.3 is 5.73 Å². The fraction of sp³-hybridized carbons (Fsp3) is 0.143. The number of nitrogens with one attached hydrogen (secondary N) is 1. The van der Waals surface area contributed by atoms with Crippen LogP contribution in [0.15, 0.2) is 46.8 Å². The molecule has 4 nitrogen and oxygen atoms in total. The summed E-state index contributed by atoms with van der Waals surface area (Å²) in [5, 5.41) is 4.47. The largest absolute Gasteiger partial charge is 0.370 e. The second-order valence-electron chi connectivity index (χ2n) is 4.57. The summed E-state index contributed by atoms with van der Waals surface area (Å²) in [7, 11) is 0. The number of thiophene rings is 1. The van der Waals surface area contributed by atoms with Crippen molar-refractivity contribution in [3.63, 3.8) is 0 Å². The molecule has 1 aromatic heterocycles. The van der Waals surface area contributed by atoms with Crippen LogP contribution in [0.1, 0.15) is 10.4 Å². The lowest BCUT2D eigenvalue weighted by Crippen LogP contribution is -2.40. The molecule has 1 aromatic carbocycles. The average Bonchev–Trinajstić information content (AvgIpc) is 3.00. The molecule has 3 rings (SSSR count). The number of halogens is 1. The van der Waals surface area contributed by atoms with Gasteiger partial charge in [0.15, 0.2) is 11.5 Å². The maximum atomic E-state index is 13.1. The summed E-state index contributed by atoms with van der Waals surface area (Å²) in [4.78, 5) is 17.6. The van der Waals surface area contributed by atoms with E-state index in [0.717, 1.165) is 4.88 Å². The molecule has 102 valence electrons. The van der Waals surface area contributed by atoms with Crippen LogP contribution in [0.5, 0.6) is 0 Å². The van der Waals surface area contributed by atoms with E-state index >= 15 is 0 Å². The molecule has 2 heterocycles. The van der Waals surface area contributed by atoms with E-state index in [4.69, 9.17) is 5.73 Å². The number of nitrogens with two attached hydrogens (primary N) is 1. The topological polar surface area (TPSA) is 67.5 Å². The van der Waals surface area contributed by atoms with E-state index < -0.39 is 5.54 Å². The van der Waals surface area contributed by atoms with Crippen LogP contribution in [0.3, 0.4) is 0 Å². The van der Waals surface area contributed by atoms with Crippen LogP contribution in [0, 0.1) is 5.82 Å². The highest BCUT2D eigenvalue weighted by atomic mass is 32.1. The van der Waals surface area contributed by atoms with Crippen LogP contribution < -0.4 is 11.1 Å². The first-order valence-electron chi connectivity index (χ1n) is 6.05. The van der Waals surface area contributed by atoms with Crippen LogP contribution in [0.2, 0.25) is 0 Å². The van der Waals surface area contributed by atoms with Gasteiger partial charge in [-0.15, -0.1) is 11.3 Å². The van der Waals surface area contributed by atoms with E-state index in [1.807, 2.05) is 17.5 Å². The second-order valence-corrected chi connectivity index (χ2v) is 5.61. The van der Waals surface area contributed by atoms with Gasteiger partial charge in [0.05, 0.1) is 0 Å². The lowest BCUT2D eigenvalue weighted by atomic mass is 9.86. The molecular formula is C14H12FN3OS. The second kappa shape index (κ2) is 4.72. The number of amides is 1. The van der Waals surface area contributed by atoms with Crippen molar-refractivity contribution in [3.8, 4) is 0 Å². The summed E-state index contributed by atoms with van der Waals surface area (Å²) >= 11 is 1.55.